The van der Waals surface area contributed by atoms with Gasteiger partial charge in [-0.05, 0) is 32.4 Å². The van der Waals surface area contributed by atoms with Gasteiger partial charge in [-0.15, -0.1) is 0 Å². The fourth-order valence-electron chi connectivity index (χ4n) is 4.52. The van der Waals surface area contributed by atoms with E-state index in [0.717, 1.165) is 35.9 Å². The average Bonchev–Trinajstić information content (AvgIpc) is 3.18. The van der Waals surface area contributed by atoms with Crippen molar-refractivity contribution in [2.75, 3.05) is 53.7 Å². The third kappa shape index (κ3) is 4.33. The van der Waals surface area contributed by atoms with E-state index in [1.54, 1.807) is 0 Å². The summed E-state index contributed by atoms with van der Waals surface area (Å²) in [4.78, 5) is 30.3. The Labute approximate surface area is 200 Å². The van der Waals surface area contributed by atoms with E-state index in [-0.39, 0.29) is 12.6 Å². The second-order valence-electron chi connectivity index (χ2n) is 9.50. The molecule has 1 fully saturated rings. The molecule has 2 aromatic rings. The van der Waals surface area contributed by atoms with Crippen LogP contribution >= 0.6 is 0 Å². The smallest absolute Gasteiger partial charge is 0.404 e. The third-order valence-corrected chi connectivity index (χ3v) is 7.61. The number of amides is 1. The molecule has 3 aliphatic heterocycles. The molecule has 0 aliphatic carbocycles. The molecule has 182 valence electrons. The molecule has 5 heterocycles. The van der Waals surface area contributed by atoms with Crippen molar-refractivity contribution in [2.24, 2.45) is 5.73 Å². The van der Waals surface area contributed by atoms with Crippen molar-refractivity contribution < 1.29 is 18.5 Å². The minimum atomic E-state index is -1.18. The van der Waals surface area contributed by atoms with E-state index < -0.39 is 22.4 Å². The summed E-state index contributed by atoms with van der Waals surface area (Å²) in [5.41, 5.74) is 6.33. The molecule has 2 aromatic heterocycles. The van der Waals surface area contributed by atoms with Crippen LogP contribution < -0.4 is 25.6 Å². The van der Waals surface area contributed by atoms with E-state index in [2.05, 4.69) is 20.1 Å². The SMILES string of the molecule is Cc1cnc2c(c1)OC[C@H]1CN(c3nc4c(c(NC(C)(C)COC(N)=O)n3)[S@@](=O)CC4)CCN21. The largest absolute Gasteiger partial charge is 0.487 e. The second-order valence-corrected chi connectivity index (χ2v) is 11.0. The first kappa shape index (κ1) is 22.6. The van der Waals surface area contributed by atoms with Gasteiger partial charge in [0.05, 0.1) is 28.1 Å². The zero-order valence-electron chi connectivity index (χ0n) is 19.5. The number of piperazine rings is 1. The highest BCUT2D eigenvalue weighted by Crippen LogP contribution is 2.36. The lowest BCUT2D eigenvalue weighted by Gasteiger charge is -2.44. The van der Waals surface area contributed by atoms with E-state index in [4.69, 9.17) is 25.2 Å². The lowest BCUT2D eigenvalue weighted by Crippen LogP contribution is -2.58. The van der Waals surface area contributed by atoms with Gasteiger partial charge in [-0.1, -0.05) is 0 Å². The first-order chi connectivity index (χ1) is 16.2. The maximum absolute atomic E-state index is 12.7. The van der Waals surface area contributed by atoms with Crippen LogP contribution in [-0.2, 0) is 22.0 Å². The highest BCUT2D eigenvalue weighted by Gasteiger charge is 2.36. The molecule has 12 heteroatoms. The summed E-state index contributed by atoms with van der Waals surface area (Å²) in [6, 6.07) is 2.15. The number of carbonyl (C=O) groups is 1. The van der Waals surface area contributed by atoms with Crippen LogP contribution in [0.4, 0.5) is 22.4 Å². The Morgan fingerprint density at radius 1 is 1.38 bits per heavy atom. The zero-order valence-corrected chi connectivity index (χ0v) is 20.4. The van der Waals surface area contributed by atoms with Crippen LogP contribution in [0.2, 0.25) is 0 Å². The third-order valence-electron chi connectivity index (χ3n) is 6.15. The van der Waals surface area contributed by atoms with Crippen LogP contribution in [0.25, 0.3) is 0 Å². The van der Waals surface area contributed by atoms with Crippen molar-refractivity contribution >= 4 is 34.5 Å². The lowest BCUT2D eigenvalue weighted by molar-refractivity contribution is 0.138. The normalized spacial score (nSPS) is 21.3. The van der Waals surface area contributed by atoms with Gasteiger partial charge in [-0.25, -0.2) is 14.8 Å². The van der Waals surface area contributed by atoms with E-state index in [1.807, 2.05) is 33.0 Å². The summed E-state index contributed by atoms with van der Waals surface area (Å²) in [5.74, 6) is 3.33. The van der Waals surface area contributed by atoms with Crippen LogP contribution in [0.15, 0.2) is 17.2 Å². The summed E-state index contributed by atoms with van der Waals surface area (Å²) >= 11 is 0. The first-order valence-electron chi connectivity index (χ1n) is 11.3. The molecule has 1 saturated heterocycles. The van der Waals surface area contributed by atoms with Crippen molar-refractivity contribution in [3.63, 3.8) is 0 Å². The van der Waals surface area contributed by atoms with Crippen LogP contribution in [-0.4, -0.2) is 75.4 Å². The topological polar surface area (TPSA) is 136 Å². The molecule has 0 spiro atoms. The van der Waals surface area contributed by atoms with Crippen molar-refractivity contribution in [1.82, 2.24) is 15.0 Å². The molecule has 0 aromatic carbocycles. The van der Waals surface area contributed by atoms with E-state index in [0.29, 0.717) is 42.0 Å². The number of nitrogens with zero attached hydrogens (tertiary/aromatic N) is 5. The Morgan fingerprint density at radius 2 is 2.21 bits per heavy atom. The van der Waals surface area contributed by atoms with Gasteiger partial charge in [0.25, 0.3) is 0 Å². The zero-order chi connectivity index (χ0) is 24.0. The fourth-order valence-corrected chi connectivity index (χ4v) is 5.83. The van der Waals surface area contributed by atoms with E-state index in [1.165, 1.54) is 0 Å². The molecule has 1 amide bonds. The number of anilines is 3. The molecule has 0 bridgehead atoms. The standard InChI is InChI=1S/C22H29N7O4S/c1-13-8-16-19(24-9-13)29-6-5-28(10-14(29)11-32-16)21-25-15-4-7-34(31)17(15)18(26-21)27-22(2,3)12-33-20(23)30/h8-9,14H,4-7,10-12H2,1-3H3,(H2,23,30)(H,25,26,27)/t14-,34+/m1/s1. The first-order valence-corrected chi connectivity index (χ1v) is 12.6. The Morgan fingerprint density at radius 3 is 3.00 bits per heavy atom. The number of hydrogen-bond acceptors (Lipinski definition) is 10. The molecule has 3 aliphatic rings. The monoisotopic (exact) mass is 487 g/mol. The molecule has 3 N–H and O–H groups in total. The lowest BCUT2D eigenvalue weighted by atomic mass is 10.1. The van der Waals surface area contributed by atoms with Crippen LogP contribution in [0.3, 0.4) is 0 Å². The number of pyridine rings is 1. The Hall–Kier alpha value is -3.15. The van der Waals surface area contributed by atoms with E-state index >= 15 is 0 Å². The predicted octanol–water partition coefficient (Wildman–Crippen LogP) is 1.22. The summed E-state index contributed by atoms with van der Waals surface area (Å²) in [6.45, 7) is 8.53. The Balaban J connectivity index is 1.40. The molecule has 5 rings (SSSR count). The van der Waals surface area contributed by atoms with Gasteiger partial charge in [0.15, 0.2) is 11.6 Å². The minimum Gasteiger partial charge on any atom is -0.487 e. The average molecular weight is 488 g/mol. The fraction of sp³-hybridized carbons (Fsp3) is 0.545. The highest BCUT2D eigenvalue weighted by molar-refractivity contribution is 7.85. The number of nitrogens with one attached hydrogen (secondary N) is 1. The molecular formula is C22H29N7O4S. The number of aryl methyl sites for hydroxylation is 2. The summed E-state index contributed by atoms with van der Waals surface area (Å²) in [5, 5.41) is 3.31. The number of primary amides is 1. The number of ether oxygens (including phenoxy) is 2. The van der Waals surface area contributed by atoms with Crippen molar-refractivity contribution in [3.8, 4) is 5.75 Å². The number of hydrogen-bond donors (Lipinski definition) is 2. The van der Waals surface area contributed by atoms with Gasteiger partial charge in [-0.2, -0.15) is 4.98 Å². The molecule has 0 saturated carbocycles. The van der Waals surface area contributed by atoms with Gasteiger partial charge in [0, 0.05) is 38.0 Å². The summed E-state index contributed by atoms with van der Waals surface area (Å²) < 4.78 is 23.7. The van der Waals surface area contributed by atoms with E-state index in [9.17, 15) is 9.00 Å². The van der Waals surface area contributed by atoms with Crippen molar-refractivity contribution in [2.45, 2.75) is 43.7 Å². The number of carbonyl (C=O) groups excluding carboxylic acids is 1. The Kier molecular flexibility index (Phi) is 5.70. The number of nitrogens with two attached hydrogens (primary N) is 1. The molecule has 2 atom stereocenters. The second kappa shape index (κ2) is 8.57. The van der Waals surface area contributed by atoms with Gasteiger partial charge >= 0.3 is 6.09 Å². The van der Waals surface area contributed by atoms with Crippen molar-refractivity contribution in [1.29, 1.82) is 0 Å². The Bertz CT molecular complexity index is 1160. The maximum atomic E-state index is 12.7. The molecule has 0 radical (unpaired) electrons. The summed E-state index contributed by atoms with van der Waals surface area (Å²) in [6.07, 6.45) is 1.65. The van der Waals surface area contributed by atoms with Crippen LogP contribution in [0.5, 0.6) is 5.75 Å². The van der Waals surface area contributed by atoms with Gasteiger partial charge in [0.1, 0.15) is 23.9 Å². The van der Waals surface area contributed by atoms with Crippen LogP contribution in [0, 0.1) is 6.92 Å². The summed E-state index contributed by atoms with van der Waals surface area (Å²) in [7, 11) is -1.18. The highest BCUT2D eigenvalue weighted by atomic mass is 32.2. The number of aromatic nitrogens is 3. The number of fused-ring (bicyclic) bond motifs is 4. The minimum absolute atomic E-state index is 0.0487. The molecule has 0 unspecified atom stereocenters. The quantitative estimate of drug-likeness (QED) is 0.633. The molecular weight excluding hydrogens is 458 g/mol. The van der Waals surface area contributed by atoms with Gasteiger partial charge in [-0.3, -0.25) is 4.21 Å². The van der Waals surface area contributed by atoms with Crippen LogP contribution in [0.1, 0.15) is 25.1 Å². The van der Waals surface area contributed by atoms with Crippen molar-refractivity contribution in [3.05, 3.63) is 23.5 Å². The predicted molar refractivity (Wildman–Crippen MR) is 128 cm³/mol. The molecule has 34 heavy (non-hydrogen) atoms. The molecule has 11 nitrogen and oxygen atoms in total. The van der Waals surface area contributed by atoms with Gasteiger partial charge < -0.3 is 30.3 Å². The van der Waals surface area contributed by atoms with Gasteiger partial charge in [0.2, 0.25) is 5.95 Å². The maximum Gasteiger partial charge on any atom is 0.404 e. The number of rotatable bonds is 5.